The van der Waals surface area contributed by atoms with Crippen LogP contribution in [0.3, 0.4) is 0 Å². The normalized spacial score (nSPS) is 9.81. The number of nitrogens with one attached hydrogen (secondary N) is 1. The van der Waals surface area contributed by atoms with Gasteiger partial charge in [-0.2, -0.15) is 5.10 Å². The number of aromatic nitrogens is 3. The minimum atomic E-state index is -0.495. The van der Waals surface area contributed by atoms with E-state index in [9.17, 15) is 9.18 Å². The molecule has 0 aliphatic heterocycles. The second-order valence-electron chi connectivity index (χ2n) is 4.16. The highest BCUT2D eigenvalue weighted by atomic mass is 19.1. The van der Waals surface area contributed by atoms with Gasteiger partial charge in [0, 0.05) is 12.1 Å². The molecule has 0 radical (unpaired) electrons. The van der Waals surface area contributed by atoms with E-state index in [0.29, 0.717) is 12.2 Å². The highest BCUT2D eigenvalue weighted by Gasteiger charge is 2.06. The third kappa shape index (κ3) is 4.40. The number of nitrogens with zero attached hydrogens (tertiary/aromatic N) is 3. The summed E-state index contributed by atoms with van der Waals surface area (Å²) < 4.78 is 15.3. The molecule has 1 aromatic heterocycles. The maximum atomic E-state index is 13.7. The lowest BCUT2D eigenvalue weighted by atomic mass is 10.2. The minimum Gasteiger partial charge on any atom is -0.326 e. The SMILES string of the molecule is NCC#Cc1ccc(NC(=O)CCn2cncn2)cc1F. The van der Waals surface area contributed by atoms with Gasteiger partial charge in [-0.15, -0.1) is 0 Å². The second kappa shape index (κ2) is 7.17. The molecule has 1 amide bonds. The fourth-order valence-corrected chi connectivity index (χ4v) is 1.63. The fourth-order valence-electron chi connectivity index (χ4n) is 1.63. The summed E-state index contributed by atoms with van der Waals surface area (Å²) in [6.45, 7) is 0.578. The van der Waals surface area contributed by atoms with Gasteiger partial charge in [-0.05, 0) is 18.2 Å². The first-order chi connectivity index (χ1) is 10.2. The third-order valence-corrected chi connectivity index (χ3v) is 2.61. The highest BCUT2D eigenvalue weighted by Crippen LogP contribution is 2.14. The minimum absolute atomic E-state index is 0.167. The molecule has 0 atom stereocenters. The van der Waals surface area contributed by atoms with Gasteiger partial charge in [-0.3, -0.25) is 9.48 Å². The van der Waals surface area contributed by atoms with E-state index < -0.39 is 5.82 Å². The van der Waals surface area contributed by atoms with Crippen LogP contribution in [0.2, 0.25) is 0 Å². The predicted molar refractivity (Wildman–Crippen MR) is 75.6 cm³/mol. The fraction of sp³-hybridized carbons (Fsp3) is 0.214. The van der Waals surface area contributed by atoms with E-state index in [1.165, 1.54) is 24.8 Å². The Hall–Kier alpha value is -2.72. The number of hydrogen-bond acceptors (Lipinski definition) is 4. The maximum absolute atomic E-state index is 13.7. The monoisotopic (exact) mass is 287 g/mol. The lowest BCUT2D eigenvalue weighted by molar-refractivity contribution is -0.116. The Balaban J connectivity index is 1.93. The number of carbonyl (C=O) groups is 1. The van der Waals surface area contributed by atoms with Crippen molar-refractivity contribution in [2.24, 2.45) is 5.73 Å². The Kier molecular flexibility index (Phi) is 5.01. The zero-order valence-corrected chi connectivity index (χ0v) is 11.2. The molecular formula is C14H14FN5O. The smallest absolute Gasteiger partial charge is 0.226 e. The van der Waals surface area contributed by atoms with Crippen LogP contribution in [0.5, 0.6) is 0 Å². The van der Waals surface area contributed by atoms with Crippen LogP contribution in [-0.4, -0.2) is 27.2 Å². The Morgan fingerprint density at radius 1 is 1.48 bits per heavy atom. The summed E-state index contributed by atoms with van der Waals surface area (Å²) in [6.07, 6.45) is 3.14. The van der Waals surface area contributed by atoms with E-state index in [2.05, 4.69) is 27.2 Å². The van der Waals surface area contributed by atoms with Crippen molar-refractivity contribution < 1.29 is 9.18 Å². The summed E-state index contributed by atoms with van der Waals surface area (Å²) in [7, 11) is 0. The first-order valence-corrected chi connectivity index (χ1v) is 6.30. The second-order valence-corrected chi connectivity index (χ2v) is 4.16. The molecule has 0 saturated heterocycles. The number of hydrogen-bond donors (Lipinski definition) is 2. The Labute approximate surface area is 121 Å². The van der Waals surface area contributed by atoms with Gasteiger partial charge in [0.25, 0.3) is 0 Å². The van der Waals surface area contributed by atoms with Crippen molar-refractivity contribution in [3.8, 4) is 11.8 Å². The lowest BCUT2D eigenvalue weighted by Crippen LogP contribution is -2.14. The van der Waals surface area contributed by atoms with Crippen molar-refractivity contribution in [2.75, 3.05) is 11.9 Å². The highest BCUT2D eigenvalue weighted by molar-refractivity contribution is 5.90. The van der Waals surface area contributed by atoms with Crippen LogP contribution in [0, 0.1) is 17.7 Å². The number of carbonyl (C=O) groups excluding carboxylic acids is 1. The Morgan fingerprint density at radius 2 is 2.33 bits per heavy atom. The summed E-state index contributed by atoms with van der Waals surface area (Å²) in [6, 6.07) is 4.33. The van der Waals surface area contributed by atoms with Gasteiger partial charge in [0.05, 0.1) is 18.7 Å². The number of benzene rings is 1. The molecule has 0 saturated carbocycles. The van der Waals surface area contributed by atoms with Crippen molar-refractivity contribution in [3.05, 3.63) is 42.2 Å². The van der Waals surface area contributed by atoms with Gasteiger partial charge in [-0.1, -0.05) is 11.8 Å². The summed E-state index contributed by atoms with van der Waals surface area (Å²) in [4.78, 5) is 15.5. The van der Waals surface area contributed by atoms with Crippen LogP contribution in [0.15, 0.2) is 30.9 Å². The Morgan fingerprint density at radius 3 is 3.00 bits per heavy atom. The third-order valence-electron chi connectivity index (χ3n) is 2.61. The molecule has 2 aromatic rings. The Bertz CT molecular complexity index is 672. The van der Waals surface area contributed by atoms with Crippen molar-refractivity contribution in [3.63, 3.8) is 0 Å². The van der Waals surface area contributed by atoms with E-state index in [4.69, 9.17) is 5.73 Å². The summed E-state index contributed by atoms with van der Waals surface area (Å²) in [5.41, 5.74) is 5.87. The molecule has 108 valence electrons. The maximum Gasteiger partial charge on any atom is 0.226 e. The molecule has 0 bridgehead atoms. The molecule has 0 fully saturated rings. The molecule has 0 unspecified atom stereocenters. The topological polar surface area (TPSA) is 85.8 Å². The summed E-state index contributed by atoms with van der Waals surface area (Å²) >= 11 is 0. The zero-order chi connectivity index (χ0) is 15.1. The lowest BCUT2D eigenvalue weighted by Gasteiger charge is -2.06. The van der Waals surface area contributed by atoms with E-state index in [-0.39, 0.29) is 24.4 Å². The molecule has 0 aliphatic rings. The average Bonchev–Trinajstić information content (AvgIpc) is 2.98. The predicted octanol–water partition coefficient (Wildman–Crippen LogP) is 0.756. The van der Waals surface area contributed by atoms with Gasteiger partial charge in [-0.25, -0.2) is 9.37 Å². The van der Waals surface area contributed by atoms with Crippen LogP contribution in [0.25, 0.3) is 0 Å². The molecule has 2 rings (SSSR count). The molecule has 1 heterocycles. The van der Waals surface area contributed by atoms with Crippen LogP contribution < -0.4 is 11.1 Å². The number of aryl methyl sites for hydroxylation is 1. The van der Waals surface area contributed by atoms with Crippen molar-refractivity contribution >= 4 is 11.6 Å². The molecule has 0 aliphatic carbocycles. The van der Waals surface area contributed by atoms with Gasteiger partial charge in [0.2, 0.25) is 5.91 Å². The molecule has 3 N–H and O–H groups in total. The number of amides is 1. The number of rotatable bonds is 4. The number of nitrogens with two attached hydrogens (primary N) is 1. The molecule has 7 heteroatoms. The summed E-state index contributed by atoms with van der Waals surface area (Å²) in [5, 5.41) is 6.50. The average molecular weight is 287 g/mol. The molecule has 0 spiro atoms. The van der Waals surface area contributed by atoms with Gasteiger partial charge in [0.15, 0.2) is 0 Å². The number of anilines is 1. The quantitative estimate of drug-likeness (QED) is 0.813. The first-order valence-electron chi connectivity index (χ1n) is 6.30. The van der Waals surface area contributed by atoms with Crippen LogP contribution in [-0.2, 0) is 11.3 Å². The standard InChI is InChI=1S/C14H14FN5O/c15-13-8-12(4-3-11(13)2-1-6-16)19-14(21)5-7-20-10-17-9-18-20/h3-4,8-10H,5-7,16H2,(H,19,21). The zero-order valence-electron chi connectivity index (χ0n) is 11.2. The van der Waals surface area contributed by atoms with E-state index in [1.54, 1.807) is 10.7 Å². The molecular weight excluding hydrogens is 273 g/mol. The first kappa shape index (κ1) is 14.7. The van der Waals surface area contributed by atoms with Gasteiger partial charge < -0.3 is 11.1 Å². The van der Waals surface area contributed by atoms with Crippen LogP contribution in [0.1, 0.15) is 12.0 Å². The number of halogens is 1. The van der Waals surface area contributed by atoms with Crippen molar-refractivity contribution in [1.29, 1.82) is 0 Å². The van der Waals surface area contributed by atoms with E-state index in [0.717, 1.165) is 0 Å². The van der Waals surface area contributed by atoms with Crippen molar-refractivity contribution in [1.82, 2.24) is 14.8 Å². The van der Waals surface area contributed by atoms with E-state index >= 15 is 0 Å². The molecule has 1 aromatic carbocycles. The molecule has 6 nitrogen and oxygen atoms in total. The summed E-state index contributed by atoms with van der Waals surface area (Å²) in [5.74, 6) is 4.47. The largest absolute Gasteiger partial charge is 0.326 e. The van der Waals surface area contributed by atoms with Crippen molar-refractivity contribution in [2.45, 2.75) is 13.0 Å². The van der Waals surface area contributed by atoms with Crippen LogP contribution >= 0.6 is 0 Å². The van der Waals surface area contributed by atoms with Gasteiger partial charge >= 0.3 is 0 Å². The van der Waals surface area contributed by atoms with E-state index in [1.807, 2.05) is 0 Å². The molecule has 21 heavy (non-hydrogen) atoms. The van der Waals surface area contributed by atoms with Crippen LogP contribution in [0.4, 0.5) is 10.1 Å². The van der Waals surface area contributed by atoms with Gasteiger partial charge in [0.1, 0.15) is 18.5 Å².